The molecule has 32 heavy (non-hydrogen) atoms. The van der Waals surface area contributed by atoms with Crippen molar-refractivity contribution in [1.29, 1.82) is 0 Å². The first kappa shape index (κ1) is 21.4. The molecular formula is C26H31N3O2S. The van der Waals surface area contributed by atoms with Gasteiger partial charge in [0.05, 0.1) is 4.90 Å². The van der Waals surface area contributed by atoms with Crippen LogP contribution >= 0.6 is 0 Å². The zero-order chi connectivity index (χ0) is 22.1. The smallest absolute Gasteiger partial charge is 0.240 e. The van der Waals surface area contributed by atoms with Crippen LogP contribution in [0.4, 0.5) is 5.69 Å². The number of benzene rings is 3. The summed E-state index contributed by atoms with van der Waals surface area (Å²) in [5, 5.41) is 5.42. The highest BCUT2D eigenvalue weighted by molar-refractivity contribution is 7.89. The third-order valence-corrected chi connectivity index (χ3v) is 8.48. The standard InChI is InChI=1S/C26H31N3O2S/c1-2-23-24(28-32(30,31)22-12-10-19-6-3-4-7-21(19)18-22)13-11-20-8-5-9-25(26(20)23)29-16-14-27-15-17-29/h3-10,12,18,23-24,27-28H,2,11,13-17H2,1H3/t23-,24+/m0/s1. The summed E-state index contributed by atoms with van der Waals surface area (Å²) in [5.41, 5.74) is 3.99. The highest BCUT2D eigenvalue weighted by Crippen LogP contribution is 2.41. The van der Waals surface area contributed by atoms with Crippen molar-refractivity contribution in [1.82, 2.24) is 10.0 Å². The molecule has 1 saturated heterocycles. The monoisotopic (exact) mass is 449 g/mol. The van der Waals surface area contributed by atoms with Gasteiger partial charge in [0, 0.05) is 43.8 Å². The van der Waals surface area contributed by atoms with Crippen LogP contribution in [0.2, 0.25) is 0 Å². The first-order chi connectivity index (χ1) is 15.6. The molecular weight excluding hydrogens is 418 g/mol. The predicted molar refractivity (Wildman–Crippen MR) is 131 cm³/mol. The highest BCUT2D eigenvalue weighted by atomic mass is 32.2. The number of anilines is 1. The van der Waals surface area contributed by atoms with Gasteiger partial charge in [-0.05, 0) is 59.4 Å². The number of nitrogens with one attached hydrogen (secondary N) is 2. The second kappa shape index (κ2) is 8.85. The van der Waals surface area contributed by atoms with Crippen LogP contribution in [0.15, 0.2) is 65.6 Å². The van der Waals surface area contributed by atoms with Crippen molar-refractivity contribution in [2.24, 2.45) is 0 Å². The Bertz CT molecular complexity index is 1220. The fourth-order valence-electron chi connectivity index (χ4n) is 5.37. The molecule has 168 valence electrons. The molecule has 0 unspecified atom stereocenters. The molecule has 2 aliphatic rings. The summed E-state index contributed by atoms with van der Waals surface area (Å²) >= 11 is 0. The van der Waals surface area contributed by atoms with Crippen LogP contribution in [0, 0.1) is 0 Å². The van der Waals surface area contributed by atoms with E-state index in [-0.39, 0.29) is 12.0 Å². The minimum Gasteiger partial charge on any atom is -0.369 e. The summed E-state index contributed by atoms with van der Waals surface area (Å²) in [7, 11) is -3.61. The molecule has 0 radical (unpaired) electrons. The van der Waals surface area contributed by atoms with Crippen LogP contribution in [-0.4, -0.2) is 40.6 Å². The lowest BCUT2D eigenvalue weighted by atomic mass is 9.77. The Morgan fingerprint density at radius 2 is 1.78 bits per heavy atom. The Morgan fingerprint density at radius 3 is 2.56 bits per heavy atom. The maximum Gasteiger partial charge on any atom is 0.240 e. The van der Waals surface area contributed by atoms with Gasteiger partial charge >= 0.3 is 0 Å². The Labute approximate surface area is 190 Å². The second-order valence-electron chi connectivity index (χ2n) is 8.88. The van der Waals surface area contributed by atoms with Gasteiger partial charge in [0.15, 0.2) is 0 Å². The lowest BCUT2D eigenvalue weighted by molar-refractivity contribution is 0.422. The lowest BCUT2D eigenvalue weighted by Crippen LogP contribution is -2.46. The first-order valence-corrected chi connectivity index (χ1v) is 13.1. The number of aryl methyl sites for hydroxylation is 1. The maximum absolute atomic E-state index is 13.4. The third kappa shape index (κ3) is 4.03. The van der Waals surface area contributed by atoms with E-state index in [0.717, 1.165) is 56.2 Å². The SMILES string of the molecule is CC[C@@H]1c2c(cccc2N2CCNCC2)CC[C@H]1NS(=O)(=O)c1ccc2ccccc2c1. The zero-order valence-corrected chi connectivity index (χ0v) is 19.4. The molecule has 0 amide bonds. The number of nitrogens with zero attached hydrogens (tertiary/aromatic N) is 1. The number of piperazine rings is 1. The van der Waals surface area contributed by atoms with Crippen molar-refractivity contribution < 1.29 is 8.42 Å². The van der Waals surface area contributed by atoms with Gasteiger partial charge in [-0.3, -0.25) is 0 Å². The van der Waals surface area contributed by atoms with Crippen LogP contribution in [0.5, 0.6) is 0 Å². The van der Waals surface area contributed by atoms with E-state index in [9.17, 15) is 8.42 Å². The molecule has 2 N–H and O–H groups in total. The van der Waals surface area contributed by atoms with Crippen LogP contribution in [0.25, 0.3) is 10.8 Å². The fraction of sp³-hybridized carbons (Fsp3) is 0.385. The van der Waals surface area contributed by atoms with Crippen LogP contribution in [0.3, 0.4) is 0 Å². The van der Waals surface area contributed by atoms with Crippen molar-refractivity contribution in [2.75, 3.05) is 31.1 Å². The Hall–Kier alpha value is -2.41. The Kier molecular flexibility index (Phi) is 5.93. The third-order valence-electron chi connectivity index (χ3n) is 6.99. The van der Waals surface area contributed by atoms with E-state index in [1.807, 2.05) is 30.3 Å². The van der Waals surface area contributed by atoms with E-state index >= 15 is 0 Å². The molecule has 0 saturated carbocycles. The van der Waals surface area contributed by atoms with Crippen LogP contribution < -0.4 is 14.9 Å². The van der Waals surface area contributed by atoms with Crippen molar-refractivity contribution >= 4 is 26.5 Å². The molecule has 3 aromatic rings. The zero-order valence-electron chi connectivity index (χ0n) is 18.5. The summed E-state index contributed by atoms with van der Waals surface area (Å²) in [6.07, 6.45) is 2.63. The Morgan fingerprint density at radius 1 is 1.00 bits per heavy atom. The normalized spacial score (nSPS) is 21.5. The summed E-state index contributed by atoms with van der Waals surface area (Å²) < 4.78 is 29.8. The van der Waals surface area contributed by atoms with Gasteiger partial charge in [-0.15, -0.1) is 0 Å². The number of hydrogen-bond acceptors (Lipinski definition) is 4. The van der Waals surface area contributed by atoms with E-state index in [0.29, 0.717) is 4.90 Å². The van der Waals surface area contributed by atoms with Gasteiger partial charge in [0.25, 0.3) is 0 Å². The van der Waals surface area contributed by atoms with E-state index in [1.54, 1.807) is 12.1 Å². The molecule has 0 spiro atoms. The second-order valence-corrected chi connectivity index (χ2v) is 10.6. The summed E-state index contributed by atoms with van der Waals surface area (Å²) in [6, 6.07) is 19.7. The van der Waals surface area contributed by atoms with Crippen molar-refractivity contribution in [3.8, 4) is 0 Å². The predicted octanol–water partition coefficient (Wildman–Crippen LogP) is 4.04. The summed E-state index contributed by atoms with van der Waals surface area (Å²) in [5.74, 6) is 0.167. The Balaban J connectivity index is 1.46. The summed E-state index contributed by atoms with van der Waals surface area (Å²) in [6.45, 7) is 6.11. The topological polar surface area (TPSA) is 61.4 Å². The van der Waals surface area contributed by atoms with Gasteiger partial charge in [0.2, 0.25) is 10.0 Å². The van der Waals surface area contributed by atoms with Gasteiger partial charge in [-0.25, -0.2) is 13.1 Å². The van der Waals surface area contributed by atoms with E-state index in [4.69, 9.17) is 0 Å². The molecule has 1 fully saturated rings. The van der Waals surface area contributed by atoms with E-state index in [2.05, 4.69) is 40.1 Å². The highest BCUT2D eigenvalue weighted by Gasteiger charge is 2.34. The van der Waals surface area contributed by atoms with Crippen molar-refractivity contribution in [3.05, 3.63) is 71.8 Å². The molecule has 3 aromatic carbocycles. The molecule has 5 nitrogen and oxygen atoms in total. The average molecular weight is 450 g/mol. The summed E-state index contributed by atoms with van der Waals surface area (Å²) in [4.78, 5) is 2.80. The first-order valence-electron chi connectivity index (χ1n) is 11.7. The van der Waals surface area contributed by atoms with Crippen molar-refractivity contribution in [2.45, 2.75) is 43.0 Å². The molecule has 0 bridgehead atoms. The molecule has 1 heterocycles. The molecule has 5 rings (SSSR count). The largest absolute Gasteiger partial charge is 0.369 e. The quantitative estimate of drug-likeness (QED) is 0.617. The molecule has 1 aliphatic carbocycles. The average Bonchev–Trinajstić information content (AvgIpc) is 2.83. The van der Waals surface area contributed by atoms with Gasteiger partial charge in [-0.1, -0.05) is 49.4 Å². The number of fused-ring (bicyclic) bond motifs is 2. The minimum atomic E-state index is -3.61. The molecule has 1 aliphatic heterocycles. The van der Waals surface area contributed by atoms with E-state index in [1.165, 1.54) is 16.8 Å². The van der Waals surface area contributed by atoms with Gasteiger partial charge in [-0.2, -0.15) is 0 Å². The lowest BCUT2D eigenvalue weighted by Gasteiger charge is -2.39. The van der Waals surface area contributed by atoms with Crippen molar-refractivity contribution in [3.63, 3.8) is 0 Å². The molecule has 6 heteroatoms. The maximum atomic E-state index is 13.4. The molecule has 0 aromatic heterocycles. The van der Waals surface area contributed by atoms with E-state index < -0.39 is 10.0 Å². The van der Waals surface area contributed by atoms with Gasteiger partial charge in [0.1, 0.15) is 0 Å². The molecule has 2 atom stereocenters. The minimum absolute atomic E-state index is 0.104. The number of hydrogen-bond donors (Lipinski definition) is 2. The van der Waals surface area contributed by atoms with Crippen LogP contribution in [-0.2, 0) is 16.4 Å². The van der Waals surface area contributed by atoms with Crippen LogP contribution in [0.1, 0.15) is 36.8 Å². The number of sulfonamides is 1. The number of rotatable bonds is 5. The van der Waals surface area contributed by atoms with Gasteiger partial charge < -0.3 is 10.2 Å². The fourth-order valence-corrected chi connectivity index (χ4v) is 6.72.